The van der Waals surface area contributed by atoms with E-state index in [9.17, 15) is 9.90 Å². The second-order valence-electron chi connectivity index (χ2n) is 1.91. The van der Waals surface area contributed by atoms with Crippen LogP contribution in [0.15, 0.2) is 0 Å². The molecule has 0 radical (unpaired) electrons. The first-order valence-electron chi connectivity index (χ1n) is 3.09. The third-order valence-electron chi connectivity index (χ3n) is 0.958. The summed E-state index contributed by atoms with van der Waals surface area (Å²) in [5, 5.41) is 18.2. The molecule has 0 saturated carbocycles. The Morgan fingerprint density at radius 3 is 2.91 bits per heavy atom. The summed E-state index contributed by atoms with van der Waals surface area (Å²) in [6.07, 6.45) is 0.421. The van der Waals surface area contributed by atoms with E-state index < -0.39 is 12.0 Å². The Morgan fingerprint density at radius 1 is 1.82 bits per heavy atom. The van der Waals surface area contributed by atoms with Crippen LogP contribution < -0.4 is 10.8 Å². The number of carbonyl (C=O) groups is 1. The van der Waals surface area contributed by atoms with Gasteiger partial charge >= 0.3 is 0 Å². The Labute approximate surface area is 69.4 Å². The van der Waals surface area contributed by atoms with E-state index in [4.69, 9.17) is 11.0 Å². The fourth-order valence-electron chi connectivity index (χ4n) is 0.396. The molecule has 2 N–H and O–H groups in total. The predicted molar refractivity (Wildman–Crippen MR) is 40.5 cm³/mol. The molecular weight excluding hydrogens is 164 g/mol. The zero-order valence-electron chi connectivity index (χ0n) is 5.95. The number of nitrogens with two attached hydrogens (primary N) is 1. The summed E-state index contributed by atoms with van der Waals surface area (Å²) in [5.74, 6) is -0.309. The molecule has 11 heavy (non-hydrogen) atoms. The van der Waals surface area contributed by atoms with Crippen molar-refractivity contribution in [3.63, 3.8) is 0 Å². The summed E-state index contributed by atoms with van der Waals surface area (Å²) in [5.41, 5.74) is 5.13. The Bertz CT molecular complexity index is 166. The van der Waals surface area contributed by atoms with Gasteiger partial charge in [-0.3, -0.25) is 0 Å². The van der Waals surface area contributed by atoms with E-state index in [2.05, 4.69) is 0 Å². The number of aliphatic carboxylic acids is 1. The summed E-state index contributed by atoms with van der Waals surface area (Å²) < 4.78 is 0. The lowest BCUT2D eigenvalue weighted by Gasteiger charge is -2.10. The minimum atomic E-state index is -1.24. The van der Waals surface area contributed by atoms with E-state index >= 15 is 0 Å². The van der Waals surface area contributed by atoms with Crippen LogP contribution in [-0.4, -0.2) is 23.5 Å². The van der Waals surface area contributed by atoms with Crippen molar-refractivity contribution in [1.29, 1.82) is 5.26 Å². The first-order valence-corrected chi connectivity index (χ1v) is 4.25. The van der Waals surface area contributed by atoms with Gasteiger partial charge in [-0.15, -0.1) is 0 Å². The molecule has 1 atom stereocenters. The molecule has 0 fully saturated rings. The van der Waals surface area contributed by atoms with Gasteiger partial charge in [-0.05, 0) is 0 Å². The van der Waals surface area contributed by atoms with Gasteiger partial charge in [-0.1, -0.05) is 0 Å². The van der Waals surface area contributed by atoms with Gasteiger partial charge < -0.3 is 15.6 Å². The van der Waals surface area contributed by atoms with Crippen LogP contribution >= 0.6 is 11.8 Å². The minimum absolute atomic E-state index is 0.310. The van der Waals surface area contributed by atoms with Gasteiger partial charge in [-0.2, -0.15) is 17.0 Å². The summed E-state index contributed by atoms with van der Waals surface area (Å²) in [6.45, 7) is 0. The largest absolute Gasteiger partial charge is 0.548 e. The zero-order valence-corrected chi connectivity index (χ0v) is 6.76. The molecule has 0 bridgehead atoms. The van der Waals surface area contributed by atoms with E-state index in [-0.39, 0.29) is 0 Å². The molecule has 0 heterocycles. The van der Waals surface area contributed by atoms with Gasteiger partial charge in [0, 0.05) is 17.9 Å². The first-order chi connectivity index (χ1) is 5.18. The highest BCUT2D eigenvalue weighted by molar-refractivity contribution is 7.99. The van der Waals surface area contributed by atoms with Crippen molar-refractivity contribution >= 4 is 17.7 Å². The van der Waals surface area contributed by atoms with Gasteiger partial charge in [0.25, 0.3) is 0 Å². The van der Waals surface area contributed by atoms with Gasteiger partial charge in [-0.25, -0.2) is 0 Å². The smallest absolute Gasteiger partial charge is 0.0630 e. The molecule has 0 aliphatic heterocycles. The van der Waals surface area contributed by atoms with Crippen LogP contribution in [0.4, 0.5) is 0 Å². The van der Waals surface area contributed by atoms with Crippen molar-refractivity contribution in [2.24, 2.45) is 5.73 Å². The number of nitrogens with zero attached hydrogens (tertiary/aromatic N) is 1. The molecular formula is C6H9N2O2S-. The fourth-order valence-corrected chi connectivity index (χ4v) is 1.19. The Balaban J connectivity index is 3.26. The maximum atomic E-state index is 10.0. The molecule has 0 rings (SSSR count). The summed E-state index contributed by atoms with van der Waals surface area (Å²) in [4.78, 5) is 10.0. The molecule has 5 heteroatoms. The number of carboxylic acids is 1. The standard InChI is InChI=1S/C6H10N2O2S/c7-2-1-3-11-4-5(8)6(9)10/h5H,1,3-4,8H2,(H,9,10)/p-1/t5-/m0/s1. The highest BCUT2D eigenvalue weighted by atomic mass is 32.2. The number of carbonyl (C=O) groups excluding carboxylic acids is 1. The zero-order chi connectivity index (χ0) is 8.69. The van der Waals surface area contributed by atoms with E-state index in [1.165, 1.54) is 11.8 Å². The van der Waals surface area contributed by atoms with Gasteiger partial charge in [0.1, 0.15) is 0 Å². The Morgan fingerprint density at radius 2 is 2.45 bits per heavy atom. The highest BCUT2D eigenvalue weighted by Gasteiger charge is 2.01. The Hall–Kier alpha value is -0.730. The van der Waals surface area contributed by atoms with Crippen LogP contribution in [0.3, 0.4) is 0 Å². The second kappa shape index (κ2) is 6.01. The quantitative estimate of drug-likeness (QED) is 0.522. The van der Waals surface area contributed by atoms with Crippen molar-refractivity contribution in [2.45, 2.75) is 12.5 Å². The van der Waals surface area contributed by atoms with Gasteiger partial charge in [0.15, 0.2) is 0 Å². The van der Waals surface area contributed by atoms with Crippen molar-refractivity contribution in [3.05, 3.63) is 0 Å². The number of hydrogen-bond acceptors (Lipinski definition) is 5. The first kappa shape index (κ1) is 10.3. The van der Waals surface area contributed by atoms with Crippen LogP contribution in [0, 0.1) is 11.3 Å². The molecule has 4 nitrogen and oxygen atoms in total. The molecule has 62 valence electrons. The molecule has 0 saturated heterocycles. The van der Waals surface area contributed by atoms with Crippen LogP contribution in [0.25, 0.3) is 0 Å². The molecule has 0 aliphatic rings. The van der Waals surface area contributed by atoms with E-state index in [0.717, 1.165) is 0 Å². The molecule has 0 aromatic heterocycles. The van der Waals surface area contributed by atoms with Crippen LogP contribution in [-0.2, 0) is 4.79 Å². The number of rotatable bonds is 5. The normalized spacial score (nSPS) is 12.0. The van der Waals surface area contributed by atoms with Gasteiger partial charge in [0.05, 0.1) is 18.1 Å². The number of carboxylic acid groups (broad SMARTS) is 1. The topological polar surface area (TPSA) is 89.9 Å². The number of hydrogen-bond donors (Lipinski definition) is 1. The van der Waals surface area contributed by atoms with E-state index in [0.29, 0.717) is 17.9 Å². The average molecular weight is 173 g/mol. The summed E-state index contributed by atoms with van der Waals surface area (Å²) >= 11 is 1.35. The number of thioether (sulfide) groups is 1. The molecule has 0 spiro atoms. The molecule has 0 aromatic rings. The molecule has 0 aliphatic carbocycles. The molecule has 0 aromatic carbocycles. The van der Waals surface area contributed by atoms with E-state index in [1.54, 1.807) is 0 Å². The third kappa shape index (κ3) is 5.70. The van der Waals surface area contributed by atoms with Crippen molar-refractivity contribution in [2.75, 3.05) is 11.5 Å². The maximum Gasteiger partial charge on any atom is 0.0630 e. The number of nitriles is 1. The lowest BCUT2D eigenvalue weighted by molar-refractivity contribution is -0.306. The lowest BCUT2D eigenvalue weighted by Crippen LogP contribution is -2.43. The van der Waals surface area contributed by atoms with Crippen LogP contribution in [0.5, 0.6) is 0 Å². The Kier molecular flexibility index (Phi) is 5.61. The minimum Gasteiger partial charge on any atom is -0.548 e. The maximum absolute atomic E-state index is 10.0. The van der Waals surface area contributed by atoms with Crippen molar-refractivity contribution in [3.8, 4) is 6.07 Å². The van der Waals surface area contributed by atoms with Crippen molar-refractivity contribution < 1.29 is 9.90 Å². The monoisotopic (exact) mass is 173 g/mol. The fraction of sp³-hybridized carbons (Fsp3) is 0.667. The predicted octanol–water partition coefficient (Wildman–Crippen LogP) is -1.29. The SMILES string of the molecule is N#CCCSC[C@H](N)C(=O)[O-]. The lowest BCUT2D eigenvalue weighted by atomic mass is 10.4. The summed E-state index contributed by atoms with van der Waals surface area (Å²) in [6, 6.07) is 1.03. The average Bonchev–Trinajstić information content (AvgIpc) is 1.97. The molecule has 0 unspecified atom stereocenters. The second-order valence-corrected chi connectivity index (χ2v) is 3.06. The highest BCUT2D eigenvalue weighted by Crippen LogP contribution is 2.02. The summed E-state index contributed by atoms with van der Waals surface area (Å²) in [7, 11) is 0. The third-order valence-corrected chi connectivity index (χ3v) is 2.05. The van der Waals surface area contributed by atoms with Crippen LogP contribution in [0.2, 0.25) is 0 Å². The van der Waals surface area contributed by atoms with Crippen molar-refractivity contribution in [1.82, 2.24) is 0 Å². The molecule has 0 amide bonds. The van der Waals surface area contributed by atoms with Gasteiger partial charge in [0.2, 0.25) is 0 Å². The van der Waals surface area contributed by atoms with Crippen LogP contribution in [0.1, 0.15) is 6.42 Å². The van der Waals surface area contributed by atoms with E-state index in [1.807, 2.05) is 6.07 Å².